The van der Waals surface area contributed by atoms with Gasteiger partial charge in [0.05, 0.1) is 6.33 Å². The summed E-state index contributed by atoms with van der Waals surface area (Å²) >= 11 is 0. The number of unbranched alkanes of at least 4 members (excludes halogenated alkanes) is 2. The highest BCUT2D eigenvalue weighted by Gasteiger charge is 2.29. The number of carbonyl (C=O) groups is 2. The third kappa shape index (κ3) is 5.59. The molecule has 2 aromatic heterocycles. The third-order valence-corrected chi connectivity index (χ3v) is 4.83. The molecule has 0 aliphatic rings. The quantitative estimate of drug-likeness (QED) is 0.213. The number of ether oxygens (including phenoxy) is 2. The summed E-state index contributed by atoms with van der Waals surface area (Å²) in [5.41, 5.74) is -0.128. The Hall–Kier alpha value is -3.43. The molecule has 0 radical (unpaired) electrons. The molecule has 0 bridgehead atoms. The summed E-state index contributed by atoms with van der Waals surface area (Å²) in [6.07, 6.45) is 6.20. The van der Waals surface area contributed by atoms with Gasteiger partial charge in [0.2, 0.25) is 0 Å². The first-order valence-electron chi connectivity index (χ1n) is 9.99. The van der Waals surface area contributed by atoms with Crippen molar-refractivity contribution in [1.29, 1.82) is 0 Å². The summed E-state index contributed by atoms with van der Waals surface area (Å²) in [7, 11) is 3.27. The average Bonchev–Trinajstić information content (AvgIpc) is 3.15. The molecule has 2 rings (SSSR count). The normalized spacial score (nSPS) is 10.9. The van der Waals surface area contributed by atoms with Gasteiger partial charge in [-0.15, -0.1) is 0 Å². The molecule has 10 heteroatoms. The zero-order chi connectivity index (χ0) is 23.0. The molecular weight excluding hydrogens is 404 g/mol. The van der Waals surface area contributed by atoms with Crippen molar-refractivity contribution in [3.05, 3.63) is 52.5 Å². The van der Waals surface area contributed by atoms with E-state index in [0.717, 1.165) is 0 Å². The number of imidazole rings is 1. The largest absolute Gasteiger partial charge is 0.461 e. The van der Waals surface area contributed by atoms with Crippen LogP contribution in [0.3, 0.4) is 0 Å². The van der Waals surface area contributed by atoms with Crippen LogP contribution < -0.4 is 11.2 Å². The van der Waals surface area contributed by atoms with Crippen molar-refractivity contribution in [3.8, 4) is 0 Å². The van der Waals surface area contributed by atoms with E-state index in [1.54, 1.807) is 18.7 Å². The zero-order valence-electron chi connectivity index (χ0n) is 17.9. The van der Waals surface area contributed by atoms with E-state index in [1.807, 2.05) is 0 Å². The van der Waals surface area contributed by atoms with Gasteiger partial charge in [-0.25, -0.2) is 9.78 Å². The van der Waals surface area contributed by atoms with Crippen LogP contribution in [0.4, 0.5) is 0 Å². The van der Waals surface area contributed by atoms with Crippen molar-refractivity contribution in [2.45, 2.75) is 32.2 Å². The topological polar surface area (TPSA) is 114 Å². The Morgan fingerprint density at radius 3 is 2.26 bits per heavy atom. The van der Waals surface area contributed by atoms with Crippen LogP contribution in [0.5, 0.6) is 0 Å². The summed E-state index contributed by atoms with van der Waals surface area (Å²) in [6.45, 7) is 7.19. The molecule has 0 atom stereocenters. The van der Waals surface area contributed by atoms with Crippen molar-refractivity contribution >= 4 is 23.1 Å². The molecule has 0 aliphatic carbocycles. The number of esters is 2. The fourth-order valence-electron chi connectivity index (χ4n) is 3.20. The Kier molecular flexibility index (Phi) is 8.53. The lowest BCUT2D eigenvalue weighted by molar-refractivity contribution is -0.161. The van der Waals surface area contributed by atoms with Crippen molar-refractivity contribution < 1.29 is 19.1 Å². The second-order valence-corrected chi connectivity index (χ2v) is 7.07. The van der Waals surface area contributed by atoms with Crippen LogP contribution in [0.1, 0.15) is 25.7 Å². The number of hydrogen-bond acceptors (Lipinski definition) is 7. The summed E-state index contributed by atoms with van der Waals surface area (Å²) in [5, 5.41) is 0. The monoisotopic (exact) mass is 432 g/mol. The maximum absolute atomic E-state index is 12.7. The van der Waals surface area contributed by atoms with Crippen LogP contribution in [0.2, 0.25) is 0 Å². The number of fused-ring (bicyclic) bond motifs is 1. The minimum Gasteiger partial charge on any atom is -0.461 e. The van der Waals surface area contributed by atoms with E-state index in [0.29, 0.717) is 30.4 Å². The predicted molar refractivity (Wildman–Crippen MR) is 114 cm³/mol. The van der Waals surface area contributed by atoms with E-state index >= 15 is 0 Å². The minimum absolute atomic E-state index is 0.00672. The standard InChI is InChI=1S/C21H28N4O6/c1-5-12-30-19(27)15(20(28)31-13-6-2)10-8-7-9-11-25-18(26)16-17(22-14-23(16)3)24(4)21(25)29/h5-6,14-15H,1-2,7-13H2,3-4H3. The second kappa shape index (κ2) is 11.1. The molecule has 168 valence electrons. The van der Waals surface area contributed by atoms with Crippen LogP contribution in [0.15, 0.2) is 41.2 Å². The molecule has 2 heterocycles. The first kappa shape index (κ1) is 23.8. The van der Waals surface area contributed by atoms with E-state index in [9.17, 15) is 19.2 Å². The van der Waals surface area contributed by atoms with Gasteiger partial charge in [0, 0.05) is 20.6 Å². The summed E-state index contributed by atoms with van der Waals surface area (Å²) < 4.78 is 14.1. The molecular formula is C21H28N4O6. The molecule has 0 unspecified atom stereocenters. The first-order valence-corrected chi connectivity index (χ1v) is 9.99. The van der Waals surface area contributed by atoms with Gasteiger partial charge >= 0.3 is 17.6 Å². The van der Waals surface area contributed by atoms with Crippen LogP contribution in [0, 0.1) is 5.92 Å². The molecule has 0 fully saturated rings. The Labute approximate surface area is 179 Å². The Morgan fingerprint density at radius 2 is 1.68 bits per heavy atom. The first-order chi connectivity index (χ1) is 14.8. The maximum Gasteiger partial charge on any atom is 0.332 e. The molecule has 31 heavy (non-hydrogen) atoms. The van der Waals surface area contributed by atoms with Crippen LogP contribution in [0.25, 0.3) is 11.2 Å². The SMILES string of the molecule is C=CCOC(=O)C(CCCCCn1c(=O)c2c(ncn2C)n(C)c1=O)C(=O)OCC=C. The highest BCUT2D eigenvalue weighted by Crippen LogP contribution is 2.15. The minimum atomic E-state index is -1.04. The Bertz CT molecular complexity index is 1050. The van der Waals surface area contributed by atoms with E-state index in [2.05, 4.69) is 18.1 Å². The van der Waals surface area contributed by atoms with E-state index < -0.39 is 29.1 Å². The molecule has 0 saturated heterocycles. The van der Waals surface area contributed by atoms with Gasteiger partial charge in [-0.2, -0.15) is 0 Å². The smallest absolute Gasteiger partial charge is 0.332 e. The molecule has 10 nitrogen and oxygen atoms in total. The fourth-order valence-corrected chi connectivity index (χ4v) is 3.20. The van der Waals surface area contributed by atoms with E-state index in [4.69, 9.17) is 9.47 Å². The van der Waals surface area contributed by atoms with E-state index in [-0.39, 0.29) is 26.2 Å². The van der Waals surface area contributed by atoms with Crippen molar-refractivity contribution in [1.82, 2.24) is 18.7 Å². The van der Waals surface area contributed by atoms with E-state index in [1.165, 1.54) is 27.6 Å². The third-order valence-electron chi connectivity index (χ3n) is 4.83. The molecule has 0 N–H and O–H groups in total. The van der Waals surface area contributed by atoms with Gasteiger partial charge in [0.15, 0.2) is 17.1 Å². The summed E-state index contributed by atoms with van der Waals surface area (Å²) in [4.78, 5) is 53.6. The summed E-state index contributed by atoms with van der Waals surface area (Å²) in [5.74, 6) is -2.37. The zero-order valence-corrected chi connectivity index (χ0v) is 17.9. The van der Waals surface area contributed by atoms with Gasteiger partial charge < -0.3 is 14.0 Å². The maximum atomic E-state index is 12.7. The second-order valence-electron chi connectivity index (χ2n) is 7.07. The summed E-state index contributed by atoms with van der Waals surface area (Å²) in [6, 6.07) is 0. The van der Waals surface area contributed by atoms with Crippen LogP contribution in [-0.4, -0.2) is 43.8 Å². The van der Waals surface area contributed by atoms with Crippen molar-refractivity contribution in [3.63, 3.8) is 0 Å². The van der Waals surface area contributed by atoms with Crippen LogP contribution >= 0.6 is 0 Å². The molecule has 0 saturated carbocycles. The Balaban J connectivity index is 2.00. The van der Waals surface area contributed by atoms with Gasteiger partial charge in [0.1, 0.15) is 13.2 Å². The number of aryl methyl sites for hydroxylation is 2. The molecule has 0 aliphatic heterocycles. The average molecular weight is 432 g/mol. The lowest BCUT2D eigenvalue weighted by Gasteiger charge is -2.14. The fraction of sp³-hybridized carbons (Fsp3) is 0.476. The number of nitrogens with zero attached hydrogens (tertiary/aromatic N) is 4. The predicted octanol–water partition coefficient (Wildman–Crippen LogP) is 1.07. The number of rotatable bonds is 12. The van der Waals surface area contributed by atoms with Gasteiger partial charge in [-0.05, 0) is 12.8 Å². The highest BCUT2D eigenvalue weighted by atomic mass is 16.6. The lowest BCUT2D eigenvalue weighted by Crippen LogP contribution is -2.39. The number of hydrogen-bond donors (Lipinski definition) is 0. The van der Waals surface area contributed by atoms with Gasteiger partial charge in [-0.1, -0.05) is 38.2 Å². The molecule has 2 aromatic rings. The van der Waals surface area contributed by atoms with Crippen molar-refractivity contribution in [2.24, 2.45) is 20.0 Å². The Morgan fingerprint density at radius 1 is 1.06 bits per heavy atom. The van der Waals surface area contributed by atoms with Gasteiger partial charge in [-0.3, -0.25) is 23.5 Å². The molecule has 0 spiro atoms. The number of aromatic nitrogens is 4. The van der Waals surface area contributed by atoms with Crippen LogP contribution in [-0.2, 0) is 39.7 Å². The molecule has 0 amide bonds. The van der Waals surface area contributed by atoms with Gasteiger partial charge in [0.25, 0.3) is 5.56 Å². The lowest BCUT2D eigenvalue weighted by atomic mass is 10.0. The highest BCUT2D eigenvalue weighted by molar-refractivity contribution is 5.94. The number of carbonyl (C=O) groups excluding carboxylic acids is 2. The van der Waals surface area contributed by atoms with Crippen molar-refractivity contribution in [2.75, 3.05) is 13.2 Å². The molecule has 0 aromatic carbocycles.